The third-order valence-corrected chi connectivity index (χ3v) is 3.74. The Hall–Kier alpha value is -1.10. The van der Waals surface area contributed by atoms with E-state index in [4.69, 9.17) is 5.73 Å². The maximum Gasteiger partial charge on any atom is 0.127 e. The predicted octanol–water partition coefficient (Wildman–Crippen LogP) is 1.98. The quantitative estimate of drug-likeness (QED) is 0.779. The Morgan fingerprint density at radius 1 is 1.50 bits per heavy atom. The second-order valence-corrected chi connectivity index (χ2v) is 5.60. The van der Waals surface area contributed by atoms with Crippen LogP contribution in [0.5, 0.6) is 0 Å². The molecule has 1 rings (SSSR count). The molecule has 90 valence electrons. The van der Waals surface area contributed by atoms with Crippen molar-refractivity contribution in [3.8, 4) is 0 Å². The van der Waals surface area contributed by atoms with Crippen molar-refractivity contribution in [2.24, 2.45) is 0 Å². The first kappa shape index (κ1) is 13.0. The number of nitrogens with one attached hydrogen (secondary N) is 1. The first-order chi connectivity index (χ1) is 7.49. The average molecular weight is 244 g/mol. The summed E-state index contributed by atoms with van der Waals surface area (Å²) in [5, 5.41) is 3.20. The molecule has 1 aromatic rings. The molecular weight excluding hydrogens is 227 g/mol. The van der Waals surface area contributed by atoms with E-state index < -0.39 is 10.8 Å². The number of nitrogen functional groups attached to an aromatic ring is 1. The zero-order chi connectivity index (χ0) is 12.1. The van der Waals surface area contributed by atoms with Crippen LogP contribution in [0, 0.1) is 5.82 Å². The summed E-state index contributed by atoms with van der Waals surface area (Å²) in [5.41, 5.74) is 6.57. The molecule has 1 aromatic carbocycles. The molecule has 0 aliphatic heterocycles. The average Bonchev–Trinajstić information content (AvgIpc) is 2.15. The van der Waals surface area contributed by atoms with Crippen molar-refractivity contribution < 1.29 is 8.60 Å². The van der Waals surface area contributed by atoms with Gasteiger partial charge >= 0.3 is 0 Å². The summed E-state index contributed by atoms with van der Waals surface area (Å²) < 4.78 is 24.1. The van der Waals surface area contributed by atoms with Gasteiger partial charge in [0.15, 0.2) is 0 Å². The lowest BCUT2D eigenvalue weighted by Gasteiger charge is -2.10. The number of rotatable bonds is 5. The third kappa shape index (κ3) is 4.18. The molecule has 0 aromatic heterocycles. The van der Waals surface area contributed by atoms with Crippen LogP contribution in [0.2, 0.25) is 0 Å². The van der Waals surface area contributed by atoms with Gasteiger partial charge in [-0.15, -0.1) is 0 Å². The van der Waals surface area contributed by atoms with E-state index in [-0.39, 0.29) is 11.1 Å². The van der Waals surface area contributed by atoms with Crippen LogP contribution in [-0.2, 0) is 10.8 Å². The Bertz CT molecular complexity index is 364. The molecule has 16 heavy (non-hydrogen) atoms. The van der Waals surface area contributed by atoms with Crippen molar-refractivity contribution in [3.63, 3.8) is 0 Å². The van der Waals surface area contributed by atoms with Gasteiger partial charge in [0.2, 0.25) is 0 Å². The van der Waals surface area contributed by atoms with Crippen molar-refractivity contribution in [3.05, 3.63) is 24.0 Å². The van der Waals surface area contributed by atoms with Crippen LogP contribution in [0.4, 0.5) is 15.8 Å². The van der Waals surface area contributed by atoms with E-state index in [1.165, 1.54) is 12.1 Å². The van der Waals surface area contributed by atoms with Crippen LogP contribution >= 0.6 is 0 Å². The number of benzene rings is 1. The molecule has 0 aliphatic carbocycles. The number of nitrogens with two attached hydrogens (primary N) is 1. The molecule has 0 aliphatic rings. The molecule has 5 heteroatoms. The topological polar surface area (TPSA) is 55.1 Å². The molecule has 2 unspecified atom stereocenters. The first-order valence-electron chi connectivity index (χ1n) is 5.11. The fourth-order valence-electron chi connectivity index (χ4n) is 1.30. The highest BCUT2D eigenvalue weighted by molar-refractivity contribution is 7.84. The summed E-state index contributed by atoms with van der Waals surface area (Å²) in [7, 11) is -0.816. The summed E-state index contributed by atoms with van der Waals surface area (Å²) in [5.74, 6) is -0.352. The van der Waals surface area contributed by atoms with E-state index in [0.29, 0.717) is 17.9 Å². The van der Waals surface area contributed by atoms with E-state index in [2.05, 4.69) is 5.32 Å². The molecular formula is C11H17FN2OS. The molecule has 3 N–H and O–H groups in total. The maximum atomic E-state index is 13.0. The highest BCUT2D eigenvalue weighted by Crippen LogP contribution is 2.15. The van der Waals surface area contributed by atoms with Gasteiger partial charge in [0.05, 0.1) is 0 Å². The van der Waals surface area contributed by atoms with E-state index in [1.54, 1.807) is 12.3 Å². The Morgan fingerprint density at radius 2 is 2.19 bits per heavy atom. The highest BCUT2D eigenvalue weighted by atomic mass is 32.2. The van der Waals surface area contributed by atoms with Gasteiger partial charge in [0.1, 0.15) is 5.82 Å². The van der Waals surface area contributed by atoms with Crippen LogP contribution in [0.1, 0.15) is 13.3 Å². The van der Waals surface area contributed by atoms with Crippen molar-refractivity contribution in [2.45, 2.75) is 18.6 Å². The Morgan fingerprint density at radius 3 is 2.75 bits per heavy atom. The van der Waals surface area contributed by atoms with E-state index in [1.807, 2.05) is 6.92 Å². The second-order valence-electron chi connectivity index (χ2n) is 3.80. The molecule has 0 fully saturated rings. The van der Waals surface area contributed by atoms with Gasteiger partial charge in [-0.1, -0.05) is 6.92 Å². The zero-order valence-corrected chi connectivity index (χ0v) is 10.3. The normalized spacial score (nSPS) is 14.4. The van der Waals surface area contributed by atoms with E-state index in [9.17, 15) is 8.60 Å². The lowest BCUT2D eigenvalue weighted by Crippen LogP contribution is -2.14. The lowest BCUT2D eigenvalue weighted by molar-refractivity contribution is 0.628. The molecule has 0 bridgehead atoms. The fraction of sp³-hybridized carbons (Fsp3) is 0.455. The smallest absolute Gasteiger partial charge is 0.127 e. The van der Waals surface area contributed by atoms with Crippen molar-refractivity contribution >= 4 is 22.2 Å². The van der Waals surface area contributed by atoms with Crippen molar-refractivity contribution in [1.29, 1.82) is 0 Å². The summed E-state index contributed by atoms with van der Waals surface area (Å²) in [4.78, 5) is 0. The molecule has 0 amide bonds. The molecule has 2 atom stereocenters. The zero-order valence-electron chi connectivity index (χ0n) is 9.50. The first-order valence-corrected chi connectivity index (χ1v) is 6.73. The summed E-state index contributed by atoms with van der Waals surface area (Å²) in [6.07, 6.45) is 2.46. The van der Waals surface area contributed by atoms with E-state index in [0.717, 1.165) is 6.42 Å². The molecule has 0 saturated carbocycles. The molecule has 3 nitrogen and oxygen atoms in total. The molecule has 0 saturated heterocycles. The van der Waals surface area contributed by atoms with Gasteiger partial charge in [-0.25, -0.2) is 4.39 Å². The van der Waals surface area contributed by atoms with Crippen LogP contribution in [-0.4, -0.2) is 22.3 Å². The molecule has 0 radical (unpaired) electrons. The number of anilines is 2. The minimum atomic E-state index is -0.816. The highest BCUT2D eigenvalue weighted by Gasteiger charge is 2.05. The largest absolute Gasteiger partial charge is 0.399 e. The van der Waals surface area contributed by atoms with Gasteiger partial charge in [0.25, 0.3) is 0 Å². The Balaban J connectivity index is 2.46. The predicted molar refractivity (Wildman–Crippen MR) is 67.4 cm³/mol. The summed E-state index contributed by atoms with van der Waals surface area (Å²) in [6.45, 7) is 2.58. The van der Waals surface area contributed by atoms with Gasteiger partial charge in [-0.05, 0) is 24.6 Å². The van der Waals surface area contributed by atoms with Gasteiger partial charge in [0, 0.05) is 40.2 Å². The number of hydrogen-bond acceptors (Lipinski definition) is 3. The molecule has 0 heterocycles. The standard InChI is InChI=1S/C11H17FN2OS/c1-8(16(2)15)3-4-14-11-6-9(12)5-10(13)7-11/h5-8,14H,3-4,13H2,1-2H3. The lowest BCUT2D eigenvalue weighted by atomic mass is 10.2. The minimum absolute atomic E-state index is 0.137. The minimum Gasteiger partial charge on any atom is -0.399 e. The van der Waals surface area contributed by atoms with Gasteiger partial charge in [-0.2, -0.15) is 0 Å². The summed E-state index contributed by atoms with van der Waals surface area (Å²) in [6, 6.07) is 4.34. The second kappa shape index (κ2) is 5.84. The van der Waals surface area contributed by atoms with Crippen LogP contribution in [0.25, 0.3) is 0 Å². The van der Waals surface area contributed by atoms with Gasteiger partial charge < -0.3 is 11.1 Å². The van der Waals surface area contributed by atoms with Crippen LogP contribution < -0.4 is 11.1 Å². The summed E-state index contributed by atoms with van der Waals surface area (Å²) >= 11 is 0. The van der Waals surface area contributed by atoms with E-state index >= 15 is 0 Å². The monoisotopic (exact) mass is 244 g/mol. The Labute approximate surface area is 97.7 Å². The van der Waals surface area contributed by atoms with Crippen LogP contribution in [0.3, 0.4) is 0 Å². The van der Waals surface area contributed by atoms with Crippen LogP contribution in [0.15, 0.2) is 18.2 Å². The maximum absolute atomic E-state index is 13.0. The van der Waals surface area contributed by atoms with Crippen molar-refractivity contribution in [2.75, 3.05) is 23.9 Å². The Kier molecular flexibility index (Phi) is 4.73. The number of halogens is 1. The SMILES string of the molecule is CC(CCNc1cc(N)cc(F)c1)S(C)=O. The fourth-order valence-corrected chi connectivity index (χ4v) is 1.75. The third-order valence-electron chi connectivity index (χ3n) is 2.37. The van der Waals surface area contributed by atoms with Gasteiger partial charge in [-0.3, -0.25) is 4.21 Å². The van der Waals surface area contributed by atoms with Crippen molar-refractivity contribution in [1.82, 2.24) is 0 Å². The molecule has 0 spiro atoms. The number of hydrogen-bond donors (Lipinski definition) is 2.